The van der Waals surface area contributed by atoms with Crippen molar-refractivity contribution in [2.45, 2.75) is 144 Å². The fraction of sp³-hybridized carbons (Fsp3) is 0.894. The summed E-state index contributed by atoms with van der Waals surface area (Å²) in [7, 11) is 0. The SMILES string of the molecule is C.C.CC(C)(C)OC(=O)N1C/C=C\COCC1.CC(C)(C)OC(=O)N1CCOCC(O)CC1.CC(C)(C)OC(=O)N1CCOCCC(O)C1.Cl.Cl.OC1CCNCCOC1.OC1CCOCCNC1. The van der Waals surface area contributed by atoms with Crippen LogP contribution in [0.5, 0.6) is 0 Å². The predicted octanol–water partition coefficient (Wildman–Crippen LogP) is 4.65. The third kappa shape index (κ3) is 43.0. The molecule has 4 fully saturated rings. The molecule has 4 atom stereocenters. The summed E-state index contributed by atoms with van der Waals surface area (Å²) in [6.07, 6.45) is 3.95. The van der Waals surface area contributed by atoms with Crippen molar-refractivity contribution in [2.75, 3.05) is 132 Å². The molecule has 20 nitrogen and oxygen atoms in total. The Labute approximate surface area is 427 Å². The molecule has 0 radical (unpaired) electrons. The van der Waals surface area contributed by atoms with Crippen molar-refractivity contribution >= 4 is 43.1 Å². The summed E-state index contributed by atoms with van der Waals surface area (Å²) >= 11 is 0. The minimum Gasteiger partial charge on any atom is -0.444 e. The molecular weight excluding hydrogens is 945 g/mol. The highest BCUT2D eigenvalue weighted by atomic mass is 35.5. The van der Waals surface area contributed by atoms with Crippen LogP contribution < -0.4 is 10.6 Å². The maximum Gasteiger partial charge on any atom is 0.410 e. The molecule has 3 amide bonds. The highest BCUT2D eigenvalue weighted by Gasteiger charge is 2.26. The number of carbonyl (C=O) groups excluding carboxylic acids is 3. The smallest absolute Gasteiger partial charge is 0.410 e. The number of amides is 3. The number of rotatable bonds is 0. The van der Waals surface area contributed by atoms with Crippen molar-refractivity contribution in [3.8, 4) is 0 Å². The fourth-order valence-corrected chi connectivity index (χ4v) is 5.69. The van der Waals surface area contributed by atoms with Crippen molar-refractivity contribution in [1.29, 1.82) is 0 Å². The first kappa shape index (κ1) is 73.2. The minimum absolute atomic E-state index is 0. The van der Waals surface area contributed by atoms with Gasteiger partial charge in [-0.1, -0.05) is 27.0 Å². The first-order valence-electron chi connectivity index (χ1n) is 23.2. The average molecular weight is 1040 g/mol. The summed E-state index contributed by atoms with van der Waals surface area (Å²) in [6.45, 7) is 28.6. The van der Waals surface area contributed by atoms with E-state index in [1.807, 2.05) is 74.5 Å². The van der Waals surface area contributed by atoms with Gasteiger partial charge in [0.05, 0.1) is 83.8 Å². The Bertz CT molecular complexity index is 1270. The zero-order valence-corrected chi connectivity index (χ0v) is 43.5. The lowest BCUT2D eigenvalue weighted by atomic mass is 10.2. The zero-order chi connectivity index (χ0) is 48.7. The second-order valence-electron chi connectivity index (χ2n) is 19.0. The van der Waals surface area contributed by atoms with Crippen LogP contribution in [0, 0.1) is 0 Å². The number of hydrogen-bond acceptors (Lipinski definition) is 17. The molecular formula is C47H97Cl2N5O15. The lowest BCUT2D eigenvalue weighted by molar-refractivity contribution is -0.0156. The number of halogens is 2. The van der Waals surface area contributed by atoms with Gasteiger partial charge in [-0.05, 0) is 94.5 Å². The maximum atomic E-state index is 11.8. The molecule has 0 spiro atoms. The number of carbonyl (C=O) groups is 3. The van der Waals surface area contributed by atoms with Crippen LogP contribution in [0.3, 0.4) is 0 Å². The summed E-state index contributed by atoms with van der Waals surface area (Å²) in [5, 5.41) is 43.4. The summed E-state index contributed by atoms with van der Waals surface area (Å²) in [5.41, 5.74) is -1.44. The Hall–Kier alpha value is -2.31. The first-order chi connectivity index (χ1) is 30.5. The van der Waals surface area contributed by atoms with E-state index >= 15 is 0 Å². The van der Waals surface area contributed by atoms with E-state index < -0.39 is 35.1 Å². The largest absolute Gasteiger partial charge is 0.444 e. The van der Waals surface area contributed by atoms with E-state index in [0.29, 0.717) is 112 Å². The highest BCUT2D eigenvalue weighted by Crippen LogP contribution is 2.14. The second kappa shape index (κ2) is 41.2. The van der Waals surface area contributed by atoms with Gasteiger partial charge in [0.2, 0.25) is 0 Å². The average Bonchev–Trinajstić information content (AvgIpc) is 3.13. The van der Waals surface area contributed by atoms with Crippen LogP contribution in [0.25, 0.3) is 0 Å². The van der Waals surface area contributed by atoms with Crippen LogP contribution in [0.2, 0.25) is 0 Å². The van der Waals surface area contributed by atoms with E-state index in [1.54, 1.807) is 9.80 Å². The molecule has 6 N–H and O–H groups in total. The highest BCUT2D eigenvalue weighted by molar-refractivity contribution is 5.85. The molecule has 69 heavy (non-hydrogen) atoms. The number of β-amino-alcohol motifs (C(OH)–C–C–N with tert-alkyl or cyclic N) is 2. The molecule has 0 aromatic carbocycles. The quantitative estimate of drug-likeness (QED) is 0.143. The van der Waals surface area contributed by atoms with Crippen molar-refractivity contribution in [2.24, 2.45) is 0 Å². The molecule has 5 rings (SSSR count). The van der Waals surface area contributed by atoms with Crippen LogP contribution in [0.15, 0.2) is 12.2 Å². The lowest BCUT2D eigenvalue weighted by Crippen LogP contribution is -2.44. The Balaban J connectivity index is -0.000000384. The van der Waals surface area contributed by atoms with Gasteiger partial charge in [-0.3, -0.25) is 0 Å². The van der Waals surface area contributed by atoms with Crippen molar-refractivity contribution in [3.05, 3.63) is 12.2 Å². The predicted molar refractivity (Wildman–Crippen MR) is 273 cm³/mol. The van der Waals surface area contributed by atoms with Crippen LogP contribution >= 0.6 is 24.8 Å². The third-order valence-corrected chi connectivity index (χ3v) is 9.03. The number of ether oxygens (including phenoxy) is 8. The fourth-order valence-electron chi connectivity index (χ4n) is 5.69. The van der Waals surface area contributed by atoms with Gasteiger partial charge in [-0.15, -0.1) is 24.8 Å². The van der Waals surface area contributed by atoms with E-state index in [4.69, 9.17) is 48.1 Å². The molecule has 0 aliphatic carbocycles. The number of nitrogens with zero attached hydrogens (tertiary/aromatic N) is 3. The molecule has 4 unspecified atom stereocenters. The summed E-state index contributed by atoms with van der Waals surface area (Å²) in [6, 6.07) is 0. The normalized spacial score (nSPS) is 23.4. The Kier molecular flexibility index (Phi) is 43.7. The van der Waals surface area contributed by atoms with Crippen LogP contribution in [-0.2, 0) is 37.9 Å². The van der Waals surface area contributed by atoms with Crippen molar-refractivity contribution in [1.82, 2.24) is 25.3 Å². The molecule has 0 aromatic heterocycles. The van der Waals surface area contributed by atoms with Gasteiger partial charge in [0, 0.05) is 65.6 Å². The van der Waals surface area contributed by atoms with Gasteiger partial charge < -0.3 is 83.7 Å². The summed E-state index contributed by atoms with van der Waals surface area (Å²) in [4.78, 5) is 39.9. The van der Waals surface area contributed by atoms with Gasteiger partial charge in [0.1, 0.15) is 16.8 Å². The Morgan fingerprint density at radius 1 is 0.493 bits per heavy atom. The maximum absolute atomic E-state index is 11.8. The van der Waals surface area contributed by atoms with Crippen LogP contribution in [0.1, 0.15) is 103 Å². The third-order valence-electron chi connectivity index (χ3n) is 9.03. The minimum atomic E-state index is -0.534. The molecule has 0 bridgehead atoms. The molecule has 0 saturated carbocycles. The zero-order valence-electron chi connectivity index (χ0n) is 41.9. The Morgan fingerprint density at radius 3 is 1.55 bits per heavy atom. The van der Waals surface area contributed by atoms with E-state index in [9.17, 15) is 24.6 Å². The van der Waals surface area contributed by atoms with Gasteiger partial charge >= 0.3 is 18.3 Å². The number of aliphatic hydroxyl groups is 4. The van der Waals surface area contributed by atoms with Crippen LogP contribution in [-0.4, -0.2) is 226 Å². The summed E-state index contributed by atoms with van der Waals surface area (Å²) < 4.78 is 41.7. The van der Waals surface area contributed by atoms with E-state index in [2.05, 4.69) is 10.6 Å². The topological polar surface area (TPSA) is 240 Å². The van der Waals surface area contributed by atoms with Crippen molar-refractivity contribution in [3.63, 3.8) is 0 Å². The molecule has 22 heteroatoms. The number of nitrogens with one attached hydrogen (secondary N) is 2. The molecule has 5 aliphatic rings. The standard InChI is InChI=1S/2C11H21NO4.C11H19NO3.2C6H13NO2.2CH4.2ClH/c1-11(2,3)16-10(14)12-5-7-15-6-4-9(13)8-12;1-11(2,3)16-10(14)12-5-4-9(13)8-15-7-6-12;1-11(2,3)15-10(13)12-6-4-5-8-14-9-7-12;8-6-1-3-9-4-2-7-5-6;8-6-1-2-7-3-4-9-5-6;;;;/h2*9,13H,4-8H2,1-3H3;4-5H,6-9H2,1-3H3;2*6-8H,1-5H2;2*1H4;2*1H/b;;5-4-;;;;;;. The van der Waals surface area contributed by atoms with Gasteiger partial charge in [-0.25, -0.2) is 14.4 Å². The Morgan fingerprint density at radius 2 is 0.942 bits per heavy atom. The number of aliphatic hydroxyl groups excluding tert-OH is 4. The van der Waals surface area contributed by atoms with E-state index in [1.165, 1.54) is 4.90 Å². The van der Waals surface area contributed by atoms with Crippen LogP contribution in [0.4, 0.5) is 14.4 Å². The molecule has 4 saturated heterocycles. The molecule has 0 aromatic rings. The van der Waals surface area contributed by atoms with E-state index in [-0.39, 0.29) is 64.1 Å². The van der Waals surface area contributed by atoms with Gasteiger partial charge in [-0.2, -0.15) is 0 Å². The molecule has 5 aliphatic heterocycles. The molecule has 5 heterocycles. The monoisotopic (exact) mass is 1040 g/mol. The van der Waals surface area contributed by atoms with E-state index in [0.717, 1.165) is 45.7 Å². The number of hydrogen-bond donors (Lipinski definition) is 6. The summed E-state index contributed by atoms with van der Waals surface area (Å²) in [5.74, 6) is 0. The van der Waals surface area contributed by atoms with Gasteiger partial charge in [0.15, 0.2) is 0 Å². The van der Waals surface area contributed by atoms with Crippen molar-refractivity contribution < 1.29 is 72.7 Å². The first-order valence-corrected chi connectivity index (χ1v) is 23.2. The molecule has 414 valence electrons. The lowest BCUT2D eigenvalue weighted by Gasteiger charge is -2.30. The second-order valence-corrected chi connectivity index (χ2v) is 19.0. The van der Waals surface area contributed by atoms with Gasteiger partial charge in [0.25, 0.3) is 0 Å².